The average Bonchev–Trinajstić information content (AvgIpc) is 2.77. The van der Waals surface area contributed by atoms with Gasteiger partial charge < -0.3 is 11.1 Å². The lowest BCUT2D eigenvalue weighted by molar-refractivity contribution is -0.145. The SMILES string of the molecule is NC(=O)C12CC3CC(C1)C(NC(=O)c1cccc(NS(=O)(=O)c4cccc(Cl)c4F)c1)C(C3)C2. The van der Waals surface area contributed by atoms with Gasteiger partial charge in [0.2, 0.25) is 5.91 Å². The number of hydrogen-bond acceptors (Lipinski definition) is 4. The van der Waals surface area contributed by atoms with Gasteiger partial charge in [0.05, 0.1) is 5.02 Å². The normalized spacial score (nSPS) is 29.6. The first-order valence-electron chi connectivity index (χ1n) is 11.3. The Hall–Kier alpha value is -2.65. The highest BCUT2D eigenvalue weighted by Crippen LogP contribution is 2.59. The number of halogens is 2. The first-order valence-corrected chi connectivity index (χ1v) is 13.1. The Morgan fingerprint density at radius 3 is 2.41 bits per heavy atom. The van der Waals surface area contributed by atoms with Crippen molar-refractivity contribution in [1.29, 1.82) is 0 Å². The van der Waals surface area contributed by atoms with E-state index < -0.39 is 26.2 Å². The van der Waals surface area contributed by atoms with Crippen molar-refractivity contribution >= 4 is 39.1 Å². The van der Waals surface area contributed by atoms with Crippen molar-refractivity contribution in [2.24, 2.45) is 28.9 Å². The van der Waals surface area contributed by atoms with Crippen LogP contribution in [0, 0.1) is 29.0 Å². The Bertz CT molecular complexity index is 1270. The number of amides is 2. The van der Waals surface area contributed by atoms with Crippen LogP contribution < -0.4 is 15.8 Å². The highest BCUT2D eigenvalue weighted by atomic mass is 35.5. The van der Waals surface area contributed by atoms with Crippen LogP contribution in [0.25, 0.3) is 0 Å². The second kappa shape index (κ2) is 8.23. The largest absolute Gasteiger partial charge is 0.369 e. The third kappa shape index (κ3) is 3.94. The predicted molar refractivity (Wildman–Crippen MR) is 125 cm³/mol. The Morgan fingerprint density at radius 2 is 1.74 bits per heavy atom. The van der Waals surface area contributed by atoms with Crippen molar-refractivity contribution in [2.75, 3.05) is 4.72 Å². The minimum atomic E-state index is -4.25. The second-order valence-electron chi connectivity index (χ2n) is 9.85. The fourth-order valence-corrected chi connectivity index (χ4v) is 7.80. The van der Waals surface area contributed by atoms with Gasteiger partial charge in [0.25, 0.3) is 15.9 Å². The van der Waals surface area contributed by atoms with Crippen LogP contribution >= 0.6 is 11.6 Å². The zero-order valence-electron chi connectivity index (χ0n) is 18.3. The molecule has 7 nitrogen and oxygen atoms in total. The average molecular weight is 506 g/mol. The van der Waals surface area contributed by atoms with Crippen molar-refractivity contribution in [2.45, 2.75) is 43.0 Å². The molecule has 0 heterocycles. The maximum atomic E-state index is 14.2. The number of benzene rings is 2. The summed E-state index contributed by atoms with van der Waals surface area (Å²) in [6.07, 6.45) is 4.20. The van der Waals surface area contributed by atoms with E-state index in [1.807, 2.05) is 0 Å². The molecule has 4 N–H and O–H groups in total. The third-order valence-corrected chi connectivity index (χ3v) is 9.37. The van der Waals surface area contributed by atoms with Crippen molar-refractivity contribution < 1.29 is 22.4 Å². The van der Waals surface area contributed by atoms with Crippen LogP contribution in [-0.4, -0.2) is 26.3 Å². The molecule has 4 saturated carbocycles. The van der Waals surface area contributed by atoms with Gasteiger partial charge in [0, 0.05) is 22.7 Å². The van der Waals surface area contributed by atoms with E-state index in [2.05, 4.69) is 10.0 Å². The molecule has 0 aromatic heterocycles. The summed E-state index contributed by atoms with van der Waals surface area (Å²) >= 11 is 5.71. The molecule has 34 heavy (non-hydrogen) atoms. The molecule has 180 valence electrons. The van der Waals surface area contributed by atoms with Crippen molar-refractivity contribution in [1.82, 2.24) is 5.32 Å². The van der Waals surface area contributed by atoms with E-state index in [4.69, 9.17) is 17.3 Å². The molecule has 10 heteroatoms. The van der Waals surface area contributed by atoms with E-state index in [0.29, 0.717) is 18.8 Å². The molecular weight excluding hydrogens is 481 g/mol. The topological polar surface area (TPSA) is 118 Å². The summed E-state index contributed by atoms with van der Waals surface area (Å²) in [4.78, 5) is 24.6. The molecule has 2 aromatic carbocycles. The maximum Gasteiger partial charge on any atom is 0.264 e. The van der Waals surface area contributed by atoms with Crippen molar-refractivity contribution in [3.05, 3.63) is 58.9 Å². The molecule has 4 aliphatic rings. The number of primary amides is 1. The van der Waals surface area contributed by atoms with Gasteiger partial charge >= 0.3 is 0 Å². The van der Waals surface area contributed by atoms with Crippen molar-refractivity contribution in [3.8, 4) is 0 Å². The highest BCUT2D eigenvalue weighted by Gasteiger charge is 2.58. The number of carbonyl (C=O) groups is 2. The predicted octanol–water partition coefficient (Wildman–Crippen LogP) is 3.69. The number of rotatable bonds is 6. The van der Waals surface area contributed by atoms with Crippen molar-refractivity contribution in [3.63, 3.8) is 0 Å². The summed E-state index contributed by atoms with van der Waals surface area (Å²) in [5, 5.41) is 2.83. The van der Waals surface area contributed by atoms with Crippen LogP contribution in [-0.2, 0) is 14.8 Å². The van der Waals surface area contributed by atoms with E-state index >= 15 is 0 Å². The lowest BCUT2D eigenvalue weighted by Gasteiger charge is -2.58. The zero-order valence-corrected chi connectivity index (χ0v) is 19.8. The van der Waals surface area contributed by atoms with Crippen LogP contribution in [0.1, 0.15) is 42.5 Å². The smallest absolute Gasteiger partial charge is 0.264 e. The monoisotopic (exact) mass is 505 g/mol. The summed E-state index contributed by atoms with van der Waals surface area (Å²) in [5.74, 6) is -0.706. The molecule has 2 atom stereocenters. The number of hydrogen-bond donors (Lipinski definition) is 3. The first kappa shape index (κ1) is 23.1. The summed E-state index contributed by atoms with van der Waals surface area (Å²) in [7, 11) is -4.25. The molecule has 4 bridgehead atoms. The first-order chi connectivity index (χ1) is 16.1. The standard InChI is InChI=1S/C24H25ClFN3O4S/c25-18-5-2-6-19(20(18)26)34(32,33)29-17-4-1-3-14(9-17)22(30)28-21-15-7-13-8-16(21)12-24(10-13,11-15)23(27)31/h1-6,9,13,15-16,21,29H,7-8,10-12H2,(H2,27,31)(H,28,30). The number of anilines is 1. The van der Waals surface area contributed by atoms with Crippen LogP contribution in [0.3, 0.4) is 0 Å². The number of nitrogens with two attached hydrogens (primary N) is 1. The molecule has 0 saturated heterocycles. The zero-order chi connectivity index (χ0) is 24.3. The Labute approximate surface area is 202 Å². The Balaban J connectivity index is 1.32. The summed E-state index contributed by atoms with van der Waals surface area (Å²) in [5.41, 5.74) is 5.72. The minimum absolute atomic E-state index is 0.0440. The summed E-state index contributed by atoms with van der Waals surface area (Å²) in [6, 6.07) is 9.72. The summed E-state index contributed by atoms with van der Waals surface area (Å²) in [6.45, 7) is 0. The molecule has 2 aromatic rings. The quantitative estimate of drug-likeness (QED) is 0.554. The lowest BCUT2D eigenvalue weighted by Crippen LogP contribution is -2.62. The molecule has 0 aliphatic heterocycles. The van der Waals surface area contributed by atoms with Gasteiger partial charge in [-0.15, -0.1) is 0 Å². The minimum Gasteiger partial charge on any atom is -0.369 e. The highest BCUT2D eigenvalue weighted by molar-refractivity contribution is 7.92. The van der Waals surface area contributed by atoms with E-state index in [9.17, 15) is 22.4 Å². The second-order valence-corrected chi connectivity index (χ2v) is 11.9. The molecule has 2 unspecified atom stereocenters. The van der Waals surface area contributed by atoms with E-state index in [1.165, 1.54) is 24.3 Å². The van der Waals surface area contributed by atoms with Crippen LogP contribution in [0.2, 0.25) is 5.02 Å². The van der Waals surface area contributed by atoms with Gasteiger partial charge in [-0.3, -0.25) is 14.3 Å². The molecule has 0 spiro atoms. The lowest BCUT2D eigenvalue weighted by atomic mass is 9.47. The van der Waals surface area contributed by atoms with Crippen LogP contribution in [0.15, 0.2) is 47.4 Å². The van der Waals surface area contributed by atoms with Gasteiger partial charge in [-0.2, -0.15) is 0 Å². The van der Waals surface area contributed by atoms with Gasteiger partial charge in [0.1, 0.15) is 4.90 Å². The summed E-state index contributed by atoms with van der Waals surface area (Å²) < 4.78 is 41.9. The van der Waals surface area contributed by atoms with E-state index in [0.717, 1.165) is 25.3 Å². The van der Waals surface area contributed by atoms with E-state index in [-0.39, 0.29) is 46.0 Å². The van der Waals surface area contributed by atoms with Gasteiger partial charge in [-0.25, -0.2) is 12.8 Å². The Morgan fingerprint density at radius 1 is 1.06 bits per heavy atom. The van der Waals surface area contributed by atoms with E-state index in [1.54, 1.807) is 12.1 Å². The van der Waals surface area contributed by atoms with Gasteiger partial charge in [0.15, 0.2) is 5.82 Å². The van der Waals surface area contributed by atoms with Crippen LogP contribution in [0.4, 0.5) is 10.1 Å². The van der Waals surface area contributed by atoms with Crippen LogP contribution in [0.5, 0.6) is 0 Å². The third-order valence-electron chi connectivity index (χ3n) is 7.68. The molecule has 6 rings (SSSR count). The number of carbonyl (C=O) groups excluding carboxylic acids is 2. The maximum absolute atomic E-state index is 14.2. The number of sulfonamides is 1. The molecular formula is C24H25ClFN3O4S. The number of nitrogens with one attached hydrogen (secondary N) is 2. The molecule has 2 amide bonds. The molecule has 0 radical (unpaired) electrons. The molecule has 4 aliphatic carbocycles. The fourth-order valence-electron chi connectivity index (χ4n) is 6.42. The van der Waals surface area contributed by atoms with Gasteiger partial charge in [-0.05, 0) is 80.2 Å². The van der Waals surface area contributed by atoms with Gasteiger partial charge in [-0.1, -0.05) is 23.7 Å². The Kier molecular flexibility index (Phi) is 5.60. The molecule has 4 fully saturated rings. The fraction of sp³-hybridized carbons (Fsp3) is 0.417.